The summed E-state index contributed by atoms with van der Waals surface area (Å²) in [5.74, 6) is 0. The van der Waals surface area contributed by atoms with Crippen LogP contribution in [0.25, 0.3) is 172 Å². The van der Waals surface area contributed by atoms with E-state index in [9.17, 15) is 0 Å². The summed E-state index contributed by atoms with van der Waals surface area (Å²) in [7, 11) is 0. The minimum atomic E-state index is -0.572. The van der Waals surface area contributed by atoms with Crippen LogP contribution in [0.15, 0.2) is 491 Å². The van der Waals surface area contributed by atoms with Crippen molar-refractivity contribution in [3.8, 4) is 150 Å². The molecule has 22 aromatic carbocycles. The van der Waals surface area contributed by atoms with Crippen LogP contribution in [0.4, 0.5) is 34.1 Å². The van der Waals surface area contributed by atoms with E-state index in [0.717, 1.165) is 106 Å². The number of anilines is 6. The van der Waals surface area contributed by atoms with Crippen molar-refractivity contribution in [2.45, 2.75) is 68.6 Å². The standard InChI is InChI=1S/C143H99N3/c1-139(2)120-53-25-19-48-114(120)135-126(139)71-73-128-137(135)116-50-21-29-57-124(116)142(128)122-55-27-17-45-108(122)111-68-62-94(84-131(111)142)98-77-96(88-34-10-7-11-35-88)80-105(82-98)144(100-41-14-9-15-42-100)103-67-75-134-118(86-103)113-47-23-31-59-133(113)146(134)102-43-33-40-93(79-102)92-39-32-38-91(76-92)90-60-64-101(65-61-90)145(104-66-70-110-107-44-16-24-52-119(107)141(5,6)130(110)87-104)106-81-97(89-36-12-8-13-37-89)78-99(83-106)95-63-69-112-109-46-18-28-56-123(109)143(132(112)85-95)125-58-30-22-51-117(125)138-129(143)74-72-127-136(138)115-49-20-26-54-121(115)140(127,3)4/h7-87H,1-6H3. The molecule has 0 amide bonds. The van der Waals surface area contributed by atoms with E-state index in [1.165, 1.54) is 178 Å². The van der Waals surface area contributed by atoms with Gasteiger partial charge < -0.3 is 14.4 Å². The Morgan fingerprint density at radius 3 is 0.966 bits per heavy atom. The molecule has 0 bridgehead atoms. The van der Waals surface area contributed by atoms with Gasteiger partial charge in [-0.05, 0) is 350 Å². The monoisotopic (exact) mass is 1860 g/mol. The lowest BCUT2D eigenvalue weighted by atomic mass is 9.69. The summed E-state index contributed by atoms with van der Waals surface area (Å²) in [6.45, 7) is 14.4. The molecule has 2 atom stereocenters. The predicted molar refractivity (Wildman–Crippen MR) is 608 cm³/mol. The molecule has 1 aromatic heterocycles. The highest BCUT2D eigenvalue weighted by molar-refractivity contribution is 6.12. The van der Waals surface area contributed by atoms with Gasteiger partial charge in [0.25, 0.3) is 0 Å². The molecule has 0 aliphatic heterocycles. The number of fused-ring (bicyclic) bond motifs is 34. The Balaban J connectivity index is 0.518. The SMILES string of the molecule is CC1(C)c2ccccc2-c2ccc(N(c3ccc(-c4cccc(-c5cccc(-n6c7ccccc7c7cc(N(c8ccccc8)c8cc(-c9ccccc9)cc(-c9ccc%10c(c9)C9(c%11ccccc%11-%10)c%10ccccc%10-c%10c9ccc9c%10-c%10ccccc%10C9(C)C)c8)ccc76)c5)c4)cc3)c3cc(-c4ccccc4)cc(-c4ccc5c(c4)C4(c6ccccc6-5)c5ccccc5-c5c4ccc4c5-c5ccccc5C4(C)C)c3)cc21. The van der Waals surface area contributed by atoms with Gasteiger partial charge in [0.05, 0.1) is 21.9 Å². The molecule has 3 nitrogen and oxygen atoms in total. The highest BCUT2D eigenvalue weighted by Gasteiger charge is 2.57. The lowest BCUT2D eigenvalue weighted by Gasteiger charge is -2.31. The maximum absolute atomic E-state index is 2.57. The molecule has 2 unspecified atom stereocenters. The number of benzene rings is 22. The molecule has 30 rings (SSSR count). The van der Waals surface area contributed by atoms with E-state index in [2.05, 4.69) is 547 Å². The fraction of sp³-hybridized carbons (Fsp3) is 0.0769. The van der Waals surface area contributed by atoms with E-state index in [1.54, 1.807) is 0 Å². The molecule has 7 aliphatic carbocycles. The van der Waals surface area contributed by atoms with Crippen molar-refractivity contribution in [3.05, 3.63) is 569 Å². The van der Waals surface area contributed by atoms with Gasteiger partial charge in [-0.25, -0.2) is 0 Å². The first-order valence-electron chi connectivity index (χ1n) is 51.6. The van der Waals surface area contributed by atoms with Gasteiger partial charge in [-0.15, -0.1) is 0 Å². The van der Waals surface area contributed by atoms with Gasteiger partial charge in [0.2, 0.25) is 0 Å². The molecule has 23 aromatic rings. The number of rotatable bonds is 13. The summed E-state index contributed by atoms with van der Waals surface area (Å²) in [5, 5.41) is 2.35. The minimum Gasteiger partial charge on any atom is -0.310 e. The Morgan fingerprint density at radius 2 is 0.452 bits per heavy atom. The molecule has 0 radical (unpaired) electrons. The van der Waals surface area contributed by atoms with Gasteiger partial charge in [0, 0.05) is 66.8 Å². The van der Waals surface area contributed by atoms with Crippen LogP contribution in [-0.2, 0) is 27.1 Å². The van der Waals surface area contributed by atoms with Crippen molar-refractivity contribution in [3.63, 3.8) is 0 Å². The second-order valence-corrected chi connectivity index (χ2v) is 42.8. The fourth-order valence-electron chi connectivity index (χ4n) is 27.8. The smallest absolute Gasteiger partial charge is 0.0725 e. The van der Waals surface area contributed by atoms with Crippen molar-refractivity contribution in [2.24, 2.45) is 0 Å². The molecule has 0 saturated carbocycles. The summed E-state index contributed by atoms with van der Waals surface area (Å²) in [5.41, 5.74) is 59.4. The number of nitrogens with zero attached hydrogens (tertiary/aromatic N) is 3. The lowest BCUT2D eigenvalue weighted by Crippen LogP contribution is -2.26. The third-order valence-electron chi connectivity index (χ3n) is 34.3. The lowest BCUT2D eigenvalue weighted by molar-refractivity contribution is 0.659. The van der Waals surface area contributed by atoms with E-state index < -0.39 is 10.8 Å². The second-order valence-electron chi connectivity index (χ2n) is 42.8. The largest absolute Gasteiger partial charge is 0.310 e. The Bertz CT molecular complexity index is 9530. The van der Waals surface area contributed by atoms with Crippen molar-refractivity contribution < 1.29 is 0 Å². The van der Waals surface area contributed by atoms with E-state index in [1.807, 2.05) is 0 Å². The molecule has 146 heavy (non-hydrogen) atoms. The van der Waals surface area contributed by atoms with E-state index in [4.69, 9.17) is 0 Å². The summed E-state index contributed by atoms with van der Waals surface area (Å²) in [4.78, 5) is 4.99. The molecule has 0 N–H and O–H groups in total. The normalized spacial score (nSPS) is 15.8. The van der Waals surface area contributed by atoms with Crippen molar-refractivity contribution in [2.75, 3.05) is 9.80 Å². The van der Waals surface area contributed by atoms with Gasteiger partial charge in [-0.1, -0.05) is 406 Å². The average Bonchev–Trinajstić information content (AvgIpc) is 1.49. The highest BCUT2D eigenvalue weighted by Crippen LogP contribution is 2.70. The Kier molecular flexibility index (Phi) is 17.9. The maximum Gasteiger partial charge on any atom is 0.0725 e. The number of aromatic nitrogens is 1. The third kappa shape index (κ3) is 11.8. The van der Waals surface area contributed by atoms with E-state index in [0.29, 0.717) is 0 Å². The predicted octanol–water partition coefficient (Wildman–Crippen LogP) is 37.3. The van der Waals surface area contributed by atoms with E-state index >= 15 is 0 Å². The van der Waals surface area contributed by atoms with Gasteiger partial charge in [0.1, 0.15) is 0 Å². The highest BCUT2D eigenvalue weighted by atomic mass is 15.2. The molecule has 7 aliphatic rings. The van der Waals surface area contributed by atoms with Crippen LogP contribution >= 0.6 is 0 Å². The fourth-order valence-corrected chi connectivity index (χ4v) is 27.8. The first-order chi connectivity index (χ1) is 71.7. The Morgan fingerprint density at radius 1 is 0.151 bits per heavy atom. The zero-order chi connectivity index (χ0) is 97.0. The number of para-hydroxylation sites is 2. The quantitative estimate of drug-likeness (QED) is 0.114. The van der Waals surface area contributed by atoms with E-state index in [-0.39, 0.29) is 16.2 Å². The summed E-state index contributed by atoms with van der Waals surface area (Å²) >= 11 is 0. The van der Waals surface area contributed by atoms with Crippen LogP contribution in [0, 0.1) is 0 Å². The van der Waals surface area contributed by atoms with Crippen LogP contribution in [-0.4, -0.2) is 4.57 Å². The maximum atomic E-state index is 2.57. The van der Waals surface area contributed by atoms with Crippen molar-refractivity contribution in [1.82, 2.24) is 4.57 Å². The molecule has 0 fully saturated rings. The Labute approximate surface area is 852 Å². The van der Waals surface area contributed by atoms with Crippen LogP contribution in [0.5, 0.6) is 0 Å². The Hall–Kier alpha value is -17.8. The second kappa shape index (κ2) is 31.1. The van der Waals surface area contributed by atoms with Crippen molar-refractivity contribution in [1.29, 1.82) is 0 Å². The zero-order valence-electron chi connectivity index (χ0n) is 82.1. The zero-order valence-corrected chi connectivity index (χ0v) is 82.1. The first kappa shape index (κ1) is 84.0. The number of hydrogen-bond acceptors (Lipinski definition) is 2. The first-order valence-corrected chi connectivity index (χ1v) is 51.6. The molecular weight excluding hydrogens is 1760 g/mol. The van der Waals surface area contributed by atoms with Gasteiger partial charge in [-0.3, -0.25) is 0 Å². The van der Waals surface area contributed by atoms with Crippen LogP contribution < -0.4 is 9.80 Å². The number of hydrogen-bond donors (Lipinski definition) is 0. The molecule has 0 saturated heterocycles. The molecular formula is C143H99N3. The summed E-state index contributed by atoms with van der Waals surface area (Å²) in [6, 6.07) is 188. The average molecular weight is 1860 g/mol. The molecule has 3 heteroatoms. The van der Waals surface area contributed by atoms with Crippen LogP contribution in [0.3, 0.4) is 0 Å². The topological polar surface area (TPSA) is 11.4 Å². The molecule has 686 valence electrons. The third-order valence-corrected chi connectivity index (χ3v) is 34.3. The summed E-state index contributed by atoms with van der Waals surface area (Å²) in [6.07, 6.45) is 0. The van der Waals surface area contributed by atoms with Crippen LogP contribution in [0.2, 0.25) is 0 Å². The van der Waals surface area contributed by atoms with Crippen LogP contribution in [0.1, 0.15) is 119 Å². The van der Waals surface area contributed by atoms with Crippen molar-refractivity contribution >= 4 is 55.9 Å². The molecule has 1 heterocycles. The van der Waals surface area contributed by atoms with Gasteiger partial charge in [-0.2, -0.15) is 0 Å². The van der Waals surface area contributed by atoms with Gasteiger partial charge >= 0.3 is 0 Å². The minimum absolute atomic E-state index is 0.146. The summed E-state index contributed by atoms with van der Waals surface area (Å²) < 4.78 is 2.47. The molecule has 2 spiro atoms. The van der Waals surface area contributed by atoms with Gasteiger partial charge in [0.15, 0.2) is 0 Å².